The summed E-state index contributed by atoms with van der Waals surface area (Å²) in [6, 6.07) is 5.04. The van der Waals surface area contributed by atoms with Crippen molar-refractivity contribution < 1.29 is 9.50 Å². The summed E-state index contributed by atoms with van der Waals surface area (Å²) in [5, 5.41) is 18.3. The molecule has 2 aromatic rings. The second kappa shape index (κ2) is 7.63. The van der Waals surface area contributed by atoms with Crippen molar-refractivity contribution in [1.29, 1.82) is 0 Å². The van der Waals surface area contributed by atoms with Crippen molar-refractivity contribution in [3.63, 3.8) is 0 Å². The van der Waals surface area contributed by atoms with Crippen molar-refractivity contribution in [3.05, 3.63) is 78.3 Å². The average molecular weight is 437 g/mol. The monoisotopic (exact) mass is 436 g/mol. The molecule has 2 aliphatic rings. The van der Waals surface area contributed by atoms with E-state index in [-0.39, 0.29) is 6.04 Å². The summed E-state index contributed by atoms with van der Waals surface area (Å²) >= 11 is 0. The molecule has 0 bridgehead atoms. The number of anilines is 2. The summed E-state index contributed by atoms with van der Waals surface area (Å²) in [5.41, 5.74) is 3.78. The molecule has 8 heteroatoms. The second-order valence-corrected chi connectivity index (χ2v) is 8.98. The van der Waals surface area contributed by atoms with Gasteiger partial charge in [-0.25, -0.2) is 14.1 Å². The molecule has 0 aliphatic carbocycles. The van der Waals surface area contributed by atoms with Crippen molar-refractivity contribution in [3.8, 4) is 0 Å². The van der Waals surface area contributed by atoms with Crippen molar-refractivity contribution in [1.82, 2.24) is 19.7 Å². The molecule has 0 saturated heterocycles. The molecule has 4 heterocycles. The highest BCUT2D eigenvalue weighted by Gasteiger charge is 2.39. The molecular weight excluding hydrogens is 407 g/mol. The normalized spacial score (nSPS) is 16.1. The second-order valence-electron chi connectivity index (χ2n) is 8.98. The predicted octanol–water partition coefficient (Wildman–Crippen LogP) is 4.05. The van der Waals surface area contributed by atoms with E-state index < -0.39 is 11.4 Å². The number of fused-ring (bicyclic) bond motifs is 1. The lowest BCUT2D eigenvalue weighted by Gasteiger charge is -2.33. The minimum Gasteiger partial charge on any atom is -0.384 e. The number of rotatable bonds is 6. The van der Waals surface area contributed by atoms with Crippen LogP contribution in [0.3, 0.4) is 0 Å². The van der Waals surface area contributed by atoms with E-state index in [0.717, 1.165) is 34.7 Å². The Hall–Kier alpha value is -3.39. The Morgan fingerprint density at radius 3 is 2.59 bits per heavy atom. The highest BCUT2D eigenvalue weighted by atomic mass is 19.1. The minimum absolute atomic E-state index is 0.270. The predicted molar refractivity (Wildman–Crippen MR) is 125 cm³/mol. The van der Waals surface area contributed by atoms with Crippen molar-refractivity contribution in [2.75, 3.05) is 23.3 Å². The maximum atomic E-state index is 13.2. The first-order chi connectivity index (χ1) is 15.0. The molecule has 2 N–H and O–H groups in total. The van der Waals surface area contributed by atoms with E-state index in [1.807, 2.05) is 6.07 Å². The summed E-state index contributed by atoms with van der Waals surface area (Å²) in [6.07, 6.45) is 1.16. The summed E-state index contributed by atoms with van der Waals surface area (Å²) in [4.78, 5) is 8.36. The molecule has 2 aromatic heterocycles. The molecule has 2 aliphatic heterocycles. The van der Waals surface area contributed by atoms with Crippen LogP contribution in [0.5, 0.6) is 0 Å². The van der Waals surface area contributed by atoms with Crippen LogP contribution in [0.2, 0.25) is 0 Å². The van der Waals surface area contributed by atoms with E-state index in [1.165, 1.54) is 6.07 Å². The number of hydrogen-bond donors (Lipinski definition) is 2. The molecule has 0 saturated carbocycles. The molecule has 32 heavy (non-hydrogen) atoms. The molecule has 0 fully saturated rings. The zero-order chi connectivity index (χ0) is 23.4. The van der Waals surface area contributed by atoms with Gasteiger partial charge in [0.05, 0.1) is 35.5 Å². The molecule has 0 spiro atoms. The van der Waals surface area contributed by atoms with Gasteiger partial charge in [-0.2, -0.15) is 5.10 Å². The summed E-state index contributed by atoms with van der Waals surface area (Å²) in [7, 11) is 0. The number of halogens is 1. The topological polar surface area (TPSA) is 69.5 Å². The van der Waals surface area contributed by atoms with E-state index in [1.54, 1.807) is 24.6 Å². The minimum atomic E-state index is -1.10. The molecule has 4 rings (SSSR count). The lowest BCUT2D eigenvalue weighted by molar-refractivity contribution is 0.0735. The van der Waals surface area contributed by atoms with Gasteiger partial charge in [-0.1, -0.05) is 19.7 Å². The number of aromatic nitrogens is 3. The zero-order valence-electron chi connectivity index (χ0n) is 19.0. The standard InChI is InChI=1S/C24H29FN6O/c1-14(2)29-13-19-16(4)31-22(10-20(28-31)24(6,7)32)30(23(19)17(29)5)12-15(3)27-21-9-8-18(25)11-26-21/h8-11,14,32H,3-5,12-13H2,1-2,6-7H3,(H,26,27). The summed E-state index contributed by atoms with van der Waals surface area (Å²) in [6.45, 7) is 21.5. The quantitative estimate of drug-likeness (QED) is 0.712. The Bertz CT molecular complexity index is 1140. The number of hydrogen-bond acceptors (Lipinski definition) is 6. The van der Waals surface area contributed by atoms with E-state index in [0.29, 0.717) is 30.3 Å². The third-order valence-electron chi connectivity index (χ3n) is 5.71. The van der Waals surface area contributed by atoms with Crippen LogP contribution in [0.4, 0.5) is 16.0 Å². The lowest BCUT2D eigenvalue weighted by Crippen LogP contribution is -2.34. The first-order valence-electron chi connectivity index (χ1n) is 10.5. The van der Waals surface area contributed by atoms with Crippen molar-refractivity contribution in [2.45, 2.75) is 39.3 Å². The number of aliphatic hydroxyl groups is 1. The van der Waals surface area contributed by atoms with Crippen LogP contribution >= 0.6 is 0 Å². The van der Waals surface area contributed by atoms with Gasteiger partial charge in [0.2, 0.25) is 0 Å². The van der Waals surface area contributed by atoms with Gasteiger partial charge in [0.25, 0.3) is 0 Å². The Morgan fingerprint density at radius 1 is 1.28 bits per heavy atom. The van der Waals surface area contributed by atoms with Crippen LogP contribution < -0.4 is 10.2 Å². The molecule has 7 nitrogen and oxygen atoms in total. The lowest BCUT2D eigenvalue weighted by atomic mass is 10.1. The van der Waals surface area contributed by atoms with Gasteiger partial charge >= 0.3 is 0 Å². The van der Waals surface area contributed by atoms with E-state index in [4.69, 9.17) is 0 Å². The maximum absolute atomic E-state index is 13.2. The molecule has 0 aromatic carbocycles. The van der Waals surface area contributed by atoms with Crippen LogP contribution in [-0.2, 0) is 5.60 Å². The largest absolute Gasteiger partial charge is 0.384 e. The van der Waals surface area contributed by atoms with Crippen molar-refractivity contribution >= 4 is 17.3 Å². The van der Waals surface area contributed by atoms with E-state index >= 15 is 0 Å². The van der Waals surface area contributed by atoms with Crippen LogP contribution in [-0.4, -0.2) is 43.9 Å². The van der Waals surface area contributed by atoms with Gasteiger partial charge in [0, 0.05) is 29.9 Å². The molecule has 0 unspecified atom stereocenters. The third-order valence-corrected chi connectivity index (χ3v) is 5.71. The molecule has 168 valence electrons. The van der Waals surface area contributed by atoms with Crippen LogP contribution in [0, 0.1) is 5.82 Å². The van der Waals surface area contributed by atoms with Gasteiger partial charge in [0.1, 0.15) is 23.1 Å². The maximum Gasteiger partial charge on any atom is 0.141 e. The zero-order valence-corrected chi connectivity index (χ0v) is 19.0. The number of nitrogens with zero attached hydrogens (tertiary/aromatic N) is 5. The summed E-state index contributed by atoms with van der Waals surface area (Å²) in [5.74, 6) is 0.879. The molecule has 0 atom stereocenters. The smallest absolute Gasteiger partial charge is 0.141 e. The van der Waals surface area contributed by atoms with Gasteiger partial charge in [0.15, 0.2) is 0 Å². The Kier molecular flexibility index (Phi) is 5.21. The number of pyridine rings is 1. The van der Waals surface area contributed by atoms with Crippen LogP contribution in [0.1, 0.15) is 33.4 Å². The van der Waals surface area contributed by atoms with Gasteiger partial charge < -0.3 is 20.2 Å². The summed E-state index contributed by atoms with van der Waals surface area (Å²) < 4.78 is 15.0. The van der Waals surface area contributed by atoms with Gasteiger partial charge in [-0.15, -0.1) is 0 Å². The van der Waals surface area contributed by atoms with Crippen molar-refractivity contribution in [2.24, 2.45) is 0 Å². The Labute approximate surface area is 187 Å². The molecule has 0 radical (unpaired) electrons. The fraction of sp³-hybridized carbons (Fsp3) is 0.333. The fourth-order valence-electron chi connectivity index (χ4n) is 4.02. The Balaban J connectivity index is 1.72. The van der Waals surface area contributed by atoms with Crippen LogP contribution in [0.15, 0.2) is 66.8 Å². The highest BCUT2D eigenvalue weighted by Crippen LogP contribution is 2.44. The number of nitrogens with one attached hydrogen (secondary N) is 1. The first kappa shape index (κ1) is 21.8. The van der Waals surface area contributed by atoms with E-state index in [2.05, 4.69) is 58.8 Å². The van der Waals surface area contributed by atoms with E-state index in [9.17, 15) is 9.50 Å². The Morgan fingerprint density at radius 2 is 2.00 bits per heavy atom. The molecular formula is C24H29FN6O. The average Bonchev–Trinajstić information content (AvgIpc) is 3.30. The van der Waals surface area contributed by atoms with Crippen LogP contribution in [0.25, 0.3) is 5.70 Å². The van der Waals surface area contributed by atoms with Gasteiger partial charge in [-0.3, -0.25) is 0 Å². The first-order valence-corrected chi connectivity index (χ1v) is 10.5. The highest BCUT2D eigenvalue weighted by molar-refractivity contribution is 5.79. The molecule has 0 amide bonds. The fourth-order valence-corrected chi connectivity index (χ4v) is 4.02. The third kappa shape index (κ3) is 3.71. The SMILES string of the molecule is C=C(CN1C2=C(CN(C(C)C)C2=C)C(=C)n2nc(C(C)(C)O)cc21)Nc1ccc(F)cn1. The van der Waals surface area contributed by atoms with Gasteiger partial charge in [-0.05, 0) is 39.8 Å².